The van der Waals surface area contributed by atoms with Gasteiger partial charge in [0.05, 0.1) is 0 Å². The lowest BCUT2D eigenvalue weighted by molar-refractivity contribution is -0.131. The molecule has 0 spiro atoms. The lowest BCUT2D eigenvalue weighted by Gasteiger charge is -2.22. The van der Waals surface area contributed by atoms with E-state index in [1.54, 1.807) is 0 Å². The number of carbonyl (C=O) groups is 1. The van der Waals surface area contributed by atoms with Gasteiger partial charge in [-0.15, -0.1) is 0 Å². The van der Waals surface area contributed by atoms with Gasteiger partial charge < -0.3 is 15.6 Å². The maximum absolute atomic E-state index is 12.7. The van der Waals surface area contributed by atoms with Gasteiger partial charge in [0.15, 0.2) is 5.60 Å². The molecule has 1 aliphatic heterocycles. The van der Waals surface area contributed by atoms with Crippen molar-refractivity contribution in [2.75, 3.05) is 0 Å². The fraction of sp³-hybridized carbons (Fsp3) is 0.182. The van der Waals surface area contributed by atoms with Gasteiger partial charge in [0.2, 0.25) is 11.6 Å². The van der Waals surface area contributed by atoms with E-state index < -0.39 is 23.0 Å². The van der Waals surface area contributed by atoms with Crippen LogP contribution in [-0.4, -0.2) is 10.9 Å². The molecule has 0 radical (unpaired) electrons. The summed E-state index contributed by atoms with van der Waals surface area (Å²) in [5, 5.41) is 9.32. The molecule has 16 heavy (non-hydrogen) atoms. The maximum Gasteiger partial charge on any atom is 0.250 e. The van der Waals surface area contributed by atoms with E-state index in [1.807, 2.05) is 0 Å². The number of Topliss-reactive ketones (excluding diaryl/α,β-unsaturated/α-hetero) is 1. The number of ether oxygens (including phenoxy) is 1. The number of hydrogen-bond donors (Lipinski definition) is 2. The Balaban J connectivity index is 2.43. The SMILES string of the molecule is CC1(c2ccc(F)cc2)OC(N)=C(O)C1=O. The maximum atomic E-state index is 12.7. The van der Waals surface area contributed by atoms with Gasteiger partial charge in [-0.2, -0.15) is 0 Å². The minimum Gasteiger partial charge on any atom is -0.501 e. The Morgan fingerprint density at radius 2 is 1.94 bits per heavy atom. The van der Waals surface area contributed by atoms with Crippen LogP contribution in [0.1, 0.15) is 12.5 Å². The van der Waals surface area contributed by atoms with Crippen LogP contribution in [0.4, 0.5) is 4.39 Å². The largest absolute Gasteiger partial charge is 0.501 e. The summed E-state index contributed by atoms with van der Waals surface area (Å²) in [4.78, 5) is 11.7. The standard InChI is InChI=1S/C11H10FNO3/c1-11(6-2-4-7(12)5-3-6)9(15)8(14)10(13)16-11/h2-5,14H,13H2,1H3. The van der Waals surface area contributed by atoms with Crippen LogP contribution in [0.5, 0.6) is 0 Å². The van der Waals surface area contributed by atoms with Crippen molar-refractivity contribution >= 4 is 5.78 Å². The summed E-state index contributed by atoms with van der Waals surface area (Å²) in [5.74, 6) is -1.94. The van der Waals surface area contributed by atoms with Crippen molar-refractivity contribution in [2.24, 2.45) is 5.73 Å². The highest BCUT2D eigenvalue weighted by Crippen LogP contribution is 2.35. The van der Waals surface area contributed by atoms with E-state index in [2.05, 4.69) is 0 Å². The van der Waals surface area contributed by atoms with Gasteiger partial charge in [0.25, 0.3) is 5.78 Å². The van der Waals surface area contributed by atoms with Crippen LogP contribution in [0, 0.1) is 5.82 Å². The third-order valence-corrected chi connectivity index (χ3v) is 2.59. The first-order chi connectivity index (χ1) is 7.45. The van der Waals surface area contributed by atoms with Gasteiger partial charge in [-0.05, 0) is 19.1 Å². The van der Waals surface area contributed by atoms with E-state index >= 15 is 0 Å². The lowest BCUT2D eigenvalue weighted by atomic mass is 9.92. The number of aliphatic hydroxyl groups excluding tert-OH is 1. The molecule has 0 saturated heterocycles. The number of ketones is 1. The van der Waals surface area contributed by atoms with Crippen molar-refractivity contribution < 1.29 is 19.0 Å². The first kappa shape index (κ1) is 10.5. The van der Waals surface area contributed by atoms with Crippen molar-refractivity contribution in [1.82, 2.24) is 0 Å². The molecule has 0 fully saturated rings. The van der Waals surface area contributed by atoms with Gasteiger partial charge in [-0.1, -0.05) is 12.1 Å². The van der Waals surface area contributed by atoms with Crippen molar-refractivity contribution in [3.63, 3.8) is 0 Å². The summed E-state index contributed by atoms with van der Waals surface area (Å²) in [6.45, 7) is 1.47. The fourth-order valence-electron chi connectivity index (χ4n) is 1.61. The molecule has 1 aromatic rings. The van der Waals surface area contributed by atoms with Gasteiger partial charge in [-0.3, -0.25) is 4.79 Å². The summed E-state index contributed by atoms with van der Waals surface area (Å²) in [6.07, 6.45) is 0. The van der Waals surface area contributed by atoms with Crippen molar-refractivity contribution in [3.8, 4) is 0 Å². The second-order valence-corrected chi connectivity index (χ2v) is 3.68. The average Bonchev–Trinajstić information content (AvgIpc) is 2.45. The zero-order valence-electron chi connectivity index (χ0n) is 8.53. The highest BCUT2D eigenvalue weighted by atomic mass is 19.1. The zero-order valence-corrected chi connectivity index (χ0v) is 8.53. The molecule has 1 aliphatic rings. The highest BCUT2D eigenvalue weighted by Gasteiger charge is 2.46. The van der Waals surface area contributed by atoms with E-state index in [1.165, 1.54) is 31.2 Å². The molecule has 3 N–H and O–H groups in total. The number of halogens is 1. The van der Waals surface area contributed by atoms with E-state index in [4.69, 9.17) is 10.5 Å². The molecule has 2 rings (SSSR count). The fourth-order valence-corrected chi connectivity index (χ4v) is 1.61. The van der Waals surface area contributed by atoms with Crippen LogP contribution < -0.4 is 5.73 Å². The summed E-state index contributed by atoms with van der Waals surface area (Å²) < 4.78 is 17.9. The third-order valence-electron chi connectivity index (χ3n) is 2.59. The minimum absolute atomic E-state index is 0.308. The molecular formula is C11H10FNO3. The number of nitrogens with two attached hydrogens (primary N) is 1. The Morgan fingerprint density at radius 1 is 1.38 bits per heavy atom. The van der Waals surface area contributed by atoms with Gasteiger partial charge >= 0.3 is 0 Å². The quantitative estimate of drug-likeness (QED) is 0.753. The number of carbonyl (C=O) groups excluding carboxylic acids is 1. The molecule has 0 aliphatic carbocycles. The van der Waals surface area contributed by atoms with Gasteiger partial charge in [0, 0.05) is 5.56 Å². The Morgan fingerprint density at radius 3 is 2.38 bits per heavy atom. The van der Waals surface area contributed by atoms with E-state index in [0.29, 0.717) is 5.56 Å². The van der Waals surface area contributed by atoms with Crippen LogP contribution in [0.25, 0.3) is 0 Å². The van der Waals surface area contributed by atoms with E-state index in [-0.39, 0.29) is 5.88 Å². The van der Waals surface area contributed by atoms with E-state index in [9.17, 15) is 14.3 Å². The molecular weight excluding hydrogens is 213 g/mol. The molecule has 1 unspecified atom stereocenters. The average molecular weight is 223 g/mol. The lowest BCUT2D eigenvalue weighted by Crippen LogP contribution is -2.31. The second kappa shape index (κ2) is 3.23. The molecule has 0 aromatic heterocycles. The van der Waals surface area contributed by atoms with Crippen LogP contribution in [0.3, 0.4) is 0 Å². The van der Waals surface area contributed by atoms with E-state index in [0.717, 1.165) is 0 Å². The molecule has 0 saturated carbocycles. The summed E-state index contributed by atoms with van der Waals surface area (Å²) >= 11 is 0. The normalized spacial score (nSPS) is 24.8. The monoisotopic (exact) mass is 223 g/mol. The molecule has 0 amide bonds. The topological polar surface area (TPSA) is 72.6 Å². The van der Waals surface area contributed by atoms with Crippen LogP contribution in [0.15, 0.2) is 35.9 Å². The smallest absolute Gasteiger partial charge is 0.250 e. The Labute approximate surface area is 91.1 Å². The predicted molar refractivity (Wildman–Crippen MR) is 53.7 cm³/mol. The second-order valence-electron chi connectivity index (χ2n) is 3.68. The predicted octanol–water partition coefficient (Wildman–Crippen LogP) is 1.33. The van der Waals surface area contributed by atoms with Gasteiger partial charge in [0.1, 0.15) is 5.82 Å². The molecule has 5 heteroatoms. The Hall–Kier alpha value is -2.04. The molecule has 84 valence electrons. The number of benzene rings is 1. The summed E-state index contributed by atoms with van der Waals surface area (Å²) in [6, 6.07) is 5.25. The Kier molecular flexibility index (Phi) is 2.11. The van der Waals surface area contributed by atoms with Crippen LogP contribution in [-0.2, 0) is 15.1 Å². The minimum atomic E-state index is -1.37. The van der Waals surface area contributed by atoms with Gasteiger partial charge in [-0.25, -0.2) is 4.39 Å². The van der Waals surface area contributed by atoms with Crippen molar-refractivity contribution in [1.29, 1.82) is 0 Å². The summed E-state index contributed by atoms with van der Waals surface area (Å²) in [7, 11) is 0. The first-order valence-corrected chi connectivity index (χ1v) is 4.64. The molecule has 0 bridgehead atoms. The van der Waals surface area contributed by atoms with Crippen molar-refractivity contribution in [3.05, 3.63) is 47.3 Å². The Bertz CT molecular complexity index is 481. The number of rotatable bonds is 1. The number of aliphatic hydroxyl groups is 1. The zero-order chi connectivity index (χ0) is 11.9. The molecule has 4 nitrogen and oxygen atoms in total. The summed E-state index contributed by atoms with van der Waals surface area (Å²) in [5.41, 5.74) is 4.39. The van der Waals surface area contributed by atoms with Crippen molar-refractivity contribution in [2.45, 2.75) is 12.5 Å². The highest BCUT2D eigenvalue weighted by molar-refractivity contribution is 6.02. The third kappa shape index (κ3) is 1.32. The first-order valence-electron chi connectivity index (χ1n) is 4.64. The molecule has 1 aromatic carbocycles. The van der Waals surface area contributed by atoms with Crippen LogP contribution >= 0.6 is 0 Å². The number of hydrogen-bond acceptors (Lipinski definition) is 4. The van der Waals surface area contributed by atoms with Crippen LogP contribution in [0.2, 0.25) is 0 Å². The molecule has 1 heterocycles. The molecule has 1 atom stereocenters.